The van der Waals surface area contributed by atoms with Gasteiger partial charge in [0.25, 0.3) is 0 Å². The van der Waals surface area contributed by atoms with Crippen molar-refractivity contribution in [3.05, 3.63) is 48.0 Å². The molecule has 0 fully saturated rings. The van der Waals surface area contributed by atoms with E-state index < -0.39 is 6.10 Å². The van der Waals surface area contributed by atoms with Crippen molar-refractivity contribution in [1.29, 1.82) is 0 Å². The largest absolute Gasteiger partial charge is 0.492 e. The van der Waals surface area contributed by atoms with Crippen molar-refractivity contribution in [2.45, 2.75) is 26.9 Å². The normalized spacial score (nSPS) is 11.5. The minimum Gasteiger partial charge on any atom is -0.492 e. The maximum Gasteiger partial charge on any atom is 0.221 e. The molecule has 0 aliphatic heterocycles. The smallest absolute Gasteiger partial charge is 0.221 e. The van der Waals surface area contributed by atoms with Crippen LogP contribution >= 0.6 is 0 Å². The number of ether oxygens (including phenoxy) is 2. The fourth-order valence-electron chi connectivity index (χ4n) is 2.65. The Morgan fingerprint density at radius 3 is 2.27 bits per heavy atom. The molecule has 1 unspecified atom stereocenters. The van der Waals surface area contributed by atoms with Gasteiger partial charge in [-0.15, -0.1) is 0 Å². The van der Waals surface area contributed by atoms with Crippen LogP contribution in [0.1, 0.15) is 19.4 Å². The molecule has 2 amide bonds. The lowest BCUT2D eigenvalue weighted by Crippen LogP contribution is -2.33. The Kier molecular flexibility index (Phi) is 9.11. The Labute approximate surface area is 176 Å². The molecule has 2 aromatic rings. The molecule has 30 heavy (non-hydrogen) atoms. The first kappa shape index (κ1) is 23.2. The van der Waals surface area contributed by atoms with Gasteiger partial charge >= 0.3 is 0 Å². The van der Waals surface area contributed by atoms with Gasteiger partial charge in [0.05, 0.1) is 0 Å². The molecule has 0 spiro atoms. The third-order valence-corrected chi connectivity index (χ3v) is 4.05. The summed E-state index contributed by atoms with van der Waals surface area (Å²) in [5.74, 6) is 1.09. The Morgan fingerprint density at radius 1 is 0.967 bits per heavy atom. The number of hydrogen-bond acceptors (Lipinski definition) is 6. The van der Waals surface area contributed by atoms with Crippen LogP contribution in [0.15, 0.2) is 42.5 Å². The molecule has 0 bridgehead atoms. The lowest BCUT2D eigenvalue weighted by molar-refractivity contribution is -0.115. The van der Waals surface area contributed by atoms with Crippen molar-refractivity contribution in [2.24, 2.45) is 0 Å². The fraction of sp³-hybridized carbons (Fsp3) is 0.364. The number of hydrogen-bond donors (Lipinski definition) is 4. The van der Waals surface area contributed by atoms with Gasteiger partial charge in [0, 0.05) is 38.3 Å². The molecule has 0 aromatic heterocycles. The second-order valence-corrected chi connectivity index (χ2v) is 6.88. The highest BCUT2D eigenvalue weighted by molar-refractivity contribution is 5.89. The van der Waals surface area contributed by atoms with Gasteiger partial charge in [0.1, 0.15) is 30.8 Å². The van der Waals surface area contributed by atoms with Gasteiger partial charge in [-0.2, -0.15) is 0 Å². The summed E-state index contributed by atoms with van der Waals surface area (Å²) in [6.45, 7) is 6.32. The van der Waals surface area contributed by atoms with Crippen LogP contribution in [0.4, 0.5) is 11.4 Å². The molecule has 4 N–H and O–H groups in total. The lowest BCUT2D eigenvalue weighted by atomic mass is 10.2. The van der Waals surface area contributed by atoms with Gasteiger partial charge in [-0.25, -0.2) is 0 Å². The predicted molar refractivity (Wildman–Crippen MR) is 116 cm³/mol. The van der Waals surface area contributed by atoms with E-state index in [0.717, 1.165) is 16.9 Å². The number of aliphatic hydroxyl groups excluding tert-OH is 1. The second-order valence-electron chi connectivity index (χ2n) is 6.88. The number of aryl methyl sites for hydroxylation is 1. The van der Waals surface area contributed by atoms with E-state index in [0.29, 0.717) is 31.2 Å². The van der Waals surface area contributed by atoms with Crippen molar-refractivity contribution in [3.8, 4) is 11.5 Å². The minimum atomic E-state index is -0.669. The number of aliphatic hydroxyl groups is 1. The monoisotopic (exact) mass is 415 g/mol. The summed E-state index contributed by atoms with van der Waals surface area (Å²) >= 11 is 0. The molecule has 0 heterocycles. The van der Waals surface area contributed by atoms with Gasteiger partial charge in [-0.05, 0) is 55.0 Å². The molecule has 162 valence electrons. The number of anilines is 2. The standard InChI is InChI=1S/C22H29N3O5/c1-15-12-21(8-9-22(15)25-17(3)27)30-14-19(28)13-23-10-11-29-20-6-4-18(5-7-20)24-16(2)26/h4-9,12,19,23,28H,10-11,13-14H2,1-3H3,(H,24,26)(H,25,27). The highest BCUT2D eigenvalue weighted by atomic mass is 16.5. The number of amides is 2. The number of carbonyl (C=O) groups is 2. The second kappa shape index (κ2) is 11.8. The van der Waals surface area contributed by atoms with E-state index in [2.05, 4.69) is 16.0 Å². The summed E-state index contributed by atoms with van der Waals surface area (Å²) in [5.41, 5.74) is 2.34. The summed E-state index contributed by atoms with van der Waals surface area (Å²) in [5, 5.41) is 18.6. The van der Waals surface area contributed by atoms with E-state index in [1.54, 1.807) is 36.4 Å². The van der Waals surface area contributed by atoms with E-state index in [4.69, 9.17) is 9.47 Å². The molecular weight excluding hydrogens is 386 g/mol. The Hall–Kier alpha value is -3.10. The Bertz CT molecular complexity index is 839. The summed E-state index contributed by atoms with van der Waals surface area (Å²) < 4.78 is 11.2. The van der Waals surface area contributed by atoms with Crippen LogP contribution in [-0.2, 0) is 9.59 Å². The third kappa shape index (κ3) is 8.50. The molecule has 2 rings (SSSR count). The zero-order valence-electron chi connectivity index (χ0n) is 17.5. The zero-order valence-corrected chi connectivity index (χ0v) is 17.5. The molecule has 2 aromatic carbocycles. The zero-order chi connectivity index (χ0) is 21.9. The van der Waals surface area contributed by atoms with E-state index >= 15 is 0 Å². The van der Waals surface area contributed by atoms with Crippen LogP contribution in [0.5, 0.6) is 11.5 Å². The van der Waals surface area contributed by atoms with Gasteiger partial charge in [-0.1, -0.05) is 0 Å². The SMILES string of the molecule is CC(=O)Nc1ccc(OCCNCC(O)COc2ccc(NC(C)=O)c(C)c2)cc1. The van der Waals surface area contributed by atoms with Crippen LogP contribution < -0.4 is 25.4 Å². The Balaban J connectivity index is 1.62. The highest BCUT2D eigenvalue weighted by Crippen LogP contribution is 2.21. The maximum atomic E-state index is 11.1. The molecule has 0 saturated carbocycles. The first-order chi connectivity index (χ1) is 14.3. The molecule has 0 aliphatic carbocycles. The molecule has 1 atom stereocenters. The molecule has 0 saturated heterocycles. The van der Waals surface area contributed by atoms with Gasteiger partial charge in [0.2, 0.25) is 11.8 Å². The summed E-state index contributed by atoms with van der Waals surface area (Å²) in [4.78, 5) is 22.1. The Morgan fingerprint density at radius 2 is 1.63 bits per heavy atom. The number of rotatable bonds is 11. The van der Waals surface area contributed by atoms with Gasteiger partial charge in [-0.3, -0.25) is 9.59 Å². The quantitative estimate of drug-likeness (QED) is 0.420. The van der Waals surface area contributed by atoms with Gasteiger partial charge < -0.3 is 30.5 Å². The van der Waals surface area contributed by atoms with E-state index in [9.17, 15) is 14.7 Å². The van der Waals surface area contributed by atoms with Crippen LogP contribution in [0.3, 0.4) is 0 Å². The summed E-state index contributed by atoms with van der Waals surface area (Å²) in [6, 6.07) is 12.5. The first-order valence-corrected chi connectivity index (χ1v) is 9.74. The van der Waals surface area contributed by atoms with Crippen LogP contribution in [-0.4, -0.2) is 49.3 Å². The maximum absolute atomic E-state index is 11.1. The molecule has 8 heteroatoms. The first-order valence-electron chi connectivity index (χ1n) is 9.74. The number of carbonyl (C=O) groups excluding carboxylic acids is 2. The fourth-order valence-corrected chi connectivity index (χ4v) is 2.65. The molecular formula is C22H29N3O5. The average molecular weight is 415 g/mol. The molecule has 0 radical (unpaired) electrons. The third-order valence-electron chi connectivity index (χ3n) is 4.05. The van der Waals surface area contributed by atoms with Crippen molar-refractivity contribution in [2.75, 3.05) is 36.9 Å². The topological polar surface area (TPSA) is 109 Å². The van der Waals surface area contributed by atoms with Crippen molar-refractivity contribution >= 4 is 23.2 Å². The predicted octanol–water partition coefficient (Wildman–Crippen LogP) is 2.32. The van der Waals surface area contributed by atoms with Crippen LogP contribution in [0, 0.1) is 6.92 Å². The number of nitrogens with one attached hydrogen (secondary N) is 3. The minimum absolute atomic E-state index is 0.118. The van der Waals surface area contributed by atoms with Crippen molar-refractivity contribution in [3.63, 3.8) is 0 Å². The van der Waals surface area contributed by atoms with Crippen molar-refractivity contribution < 1.29 is 24.2 Å². The number of benzene rings is 2. The molecule has 0 aliphatic rings. The van der Waals surface area contributed by atoms with Crippen LogP contribution in [0.2, 0.25) is 0 Å². The van der Waals surface area contributed by atoms with E-state index in [1.807, 2.05) is 13.0 Å². The van der Waals surface area contributed by atoms with Crippen molar-refractivity contribution in [1.82, 2.24) is 5.32 Å². The average Bonchev–Trinajstić information content (AvgIpc) is 2.68. The highest BCUT2D eigenvalue weighted by Gasteiger charge is 2.07. The molecule has 8 nitrogen and oxygen atoms in total. The lowest BCUT2D eigenvalue weighted by Gasteiger charge is -2.15. The van der Waals surface area contributed by atoms with E-state index in [-0.39, 0.29) is 18.4 Å². The van der Waals surface area contributed by atoms with Crippen LogP contribution in [0.25, 0.3) is 0 Å². The summed E-state index contributed by atoms with van der Waals surface area (Å²) in [6.07, 6.45) is -0.669. The van der Waals surface area contributed by atoms with E-state index in [1.165, 1.54) is 13.8 Å². The summed E-state index contributed by atoms with van der Waals surface area (Å²) in [7, 11) is 0. The van der Waals surface area contributed by atoms with Gasteiger partial charge in [0.15, 0.2) is 0 Å².